The van der Waals surface area contributed by atoms with Gasteiger partial charge >= 0.3 is 0 Å². The van der Waals surface area contributed by atoms with Crippen LogP contribution >= 0.6 is 0 Å². The molecule has 0 spiro atoms. The molecular formula is C13H27N3O3S. The summed E-state index contributed by atoms with van der Waals surface area (Å²) >= 11 is 0. The van der Waals surface area contributed by atoms with Crippen molar-refractivity contribution in [3.05, 3.63) is 0 Å². The summed E-state index contributed by atoms with van der Waals surface area (Å²) in [5, 5.41) is 2.60. The van der Waals surface area contributed by atoms with E-state index in [-0.39, 0.29) is 12.0 Å². The lowest BCUT2D eigenvalue weighted by atomic mass is 9.88. The Bertz CT molecular complexity index is 403. The maximum Gasteiger partial charge on any atom is 0.236 e. The number of nitrogens with one attached hydrogen (secondary N) is 2. The predicted molar refractivity (Wildman–Crippen MR) is 79.6 cm³/mol. The molecule has 0 radical (unpaired) electrons. The molecule has 1 aliphatic carbocycles. The molecular weight excluding hydrogens is 278 g/mol. The van der Waals surface area contributed by atoms with Gasteiger partial charge in [0.2, 0.25) is 15.9 Å². The first-order valence-corrected chi connectivity index (χ1v) is 8.94. The van der Waals surface area contributed by atoms with Crippen LogP contribution in [0.3, 0.4) is 0 Å². The average Bonchev–Trinajstić information content (AvgIpc) is 2.37. The molecule has 0 heterocycles. The minimum absolute atomic E-state index is 0.0213. The van der Waals surface area contributed by atoms with Crippen LogP contribution in [-0.4, -0.2) is 39.2 Å². The zero-order valence-electron chi connectivity index (χ0n) is 12.4. The van der Waals surface area contributed by atoms with E-state index in [1.165, 1.54) is 0 Å². The minimum Gasteiger partial charge on any atom is -0.355 e. The van der Waals surface area contributed by atoms with Crippen molar-refractivity contribution in [1.82, 2.24) is 10.0 Å². The molecule has 7 heteroatoms. The van der Waals surface area contributed by atoms with Gasteiger partial charge in [-0.1, -0.05) is 13.8 Å². The van der Waals surface area contributed by atoms with Crippen molar-refractivity contribution in [3.8, 4) is 0 Å². The molecule has 6 nitrogen and oxygen atoms in total. The number of amides is 1. The molecule has 20 heavy (non-hydrogen) atoms. The fourth-order valence-corrected chi connectivity index (χ4v) is 3.54. The van der Waals surface area contributed by atoms with E-state index in [2.05, 4.69) is 17.0 Å². The number of sulfonamides is 1. The van der Waals surface area contributed by atoms with E-state index in [0.29, 0.717) is 19.0 Å². The SMILES string of the molecule is CC1CCC(NS(=O)(=O)CC(=O)NCC(C)CN)CC1. The maximum absolute atomic E-state index is 11.9. The van der Waals surface area contributed by atoms with Crippen LogP contribution in [0.2, 0.25) is 0 Å². The van der Waals surface area contributed by atoms with Crippen molar-refractivity contribution in [2.24, 2.45) is 17.6 Å². The Hall–Kier alpha value is -0.660. The van der Waals surface area contributed by atoms with Gasteiger partial charge in [0.25, 0.3) is 0 Å². The number of nitrogens with two attached hydrogens (primary N) is 1. The van der Waals surface area contributed by atoms with Gasteiger partial charge in [-0.3, -0.25) is 4.79 Å². The lowest BCUT2D eigenvalue weighted by Crippen LogP contribution is -2.43. The van der Waals surface area contributed by atoms with Crippen LogP contribution in [-0.2, 0) is 14.8 Å². The second-order valence-electron chi connectivity index (χ2n) is 5.98. The Labute approximate surface area is 121 Å². The van der Waals surface area contributed by atoms with Gasteiger partial charge < -0.3 is 11.1 Å². The van der Waals surface area contributed by atoms with Gasteiger partial charge in [-0.2, -0.15) is 0 Å². The van der Waals surface area contributed by atoms with Gasteiger partial charge in [-0.15, -0.1) is 0 Å². The highest BCUT2D eigenvalue weighted by atomic mass is 32.2. The lowest BCUT2D eigenvalue weighted by Gasteiger charge is -2.26. The van der Waals surface area contributed by atoms with Gasteiger partial charge in [-0.05, 0) is 44.1 Å². The maximum atomic E-state index is 11.9. The molecule has 0 aromatic carbocycles. The minimum atomic E-state index is -3.55. The molecule has 0 aliphatic heterocycles. The molecule has 0 saturated heterocycles. The van der Waals surface area contributed by atoms with Crippen molar-refractivity contribution in [1.29, 1.82) is 0 Å². The van der Waals surface area contributed by atoms with Crippen molar-refractivity contribution < 1.29 is 13.2 Å². The highest BCUT2D eigenvalue weighted by Gasteiger charge is 2.24. The van der Waals surface area contributed by atoms with Crippen LogP contribution < -0.4 is 15.8 Å². The Morgan fingerprint density at radius 1 is 1.30 bits per heavy atom. The average molecular weight is 305 g/mol. The smallest absolute Gasteiger partial charge is 0.236 e. The Morgan fingerprint density at radius 3 is 2.45 bits per heavy atom. The van der Waals surface area contributed by atoms with Crippen LogP contribution in [0.4, 0.5) is 0 Å². The largest absolute Gasteiger partial charge is 0.355 e. The molecule has 118 valence electrons. The molecule has 0 bridgehead atoms. The third-order valence-corrected chi connectivity index (χ3v) is 5.07. The van der Waals surface area contributed by atoms with Crippen LogP contribution in [0.25, 0.3) is 0 Å². The first kappa shape index (κ1) is 17.4. The molecule has 1 rings (SSSR count). The standard InChI is InChI=1S/C13H27N3O3S/c1-10-3-5-12(6-4-10)16-20(18,19)9-13(17)15-8-11(2)7-14/h10-12,16H,3-9,14H2,1-2H3,(H,15,17). The van der Waals surface area contributed by atoms with E-state index in [9.17, 15) is 13.2 Å². The van der Waals surface area contributed by atoms with Gasteiger partial charge in [0, 0.05) is 12.6 Å². The Morgan fingerprint density at radius 2 is 1.90 bits per heavy atom. The van der Waals surface area contributed by atoms with E-state index >= 15 is 0 Å². The normalized spacial score (nSPS) is 25.1. The molecule has 1 amide bonds. The number of carbonyl (C=O) groups excluding carboxylic acids is 1. The fraction of sp³-hybridized carbons (Fsp3) is 0.923. The van der Waals surface area contributed by atoms with Crippen LogP contribution in [0.5, 0.6) is 0 Å². The first-order chi connectivity index (χ1) is 9.32. The quantitative estimate of drug-likeness (QED) is 0.625. The topological polar surface area (TPSA) is 101 Å². The van der Waals surface area contributed by atoms with Crippen molar-refractivity contribution in [2.45, 2.75) is 45.6 Å². The molecule has 0 aromatic rings. The van der Waals surface area contributed by atoms with E-state index < -0.39 is 21.7 Å². The molecule has 1 fully saturated rings. The second-order valence-corrected chi connectivity index (χ2v) is 7.73. The van der Waals surface area contributed by atoms with Gasteiger partial charge in [0.1, 0.15) is 5.75 Å². The summed E-state index contributed by atoms with van der Waals surface area (Å²) in [4.78, 5) is 11.6. The number of hydrogen-bond acceptors (Lipinski definition) is 4. The second kappa shape index (κ2) is 7.95. The zero-order chi connectivity index (χ0) is 15.2. The summed E-state index contributed by atoms with van der Waals surface area (Å²) < 4.78 is 26.5. The monoisotopic (exact) mass is 305 g/mol. The van der Waals surface area contributed by atoms with Crippen molar-refractivity contribution >= 4 is 15.9 Å². The zero-order valence-corrected chi connectivity index (χ0v) is 13.2. The Balaban J connectivity index is 2.35. The third-order valence-electron chi connectivity index (χ3n) is 3.73. The number of hydrogen-bond donors (Lipinski definition) is 3. The summed E-state index contributed by atoms with van der Waals surface area (Å²) in [6, 6.07) is -0.0213. The summed E-state index contributed by atoms with van der Waals surface area (Å²) in [5.41, 5.74) is 5.44. The van der Waals surface area contributed by atoms with Crippen molar-refractivity contribution in [3.63, 3.8) is 0 Å². The van der Waals surface area contributed by atoms with E-state index in [1.54, 1.807) is 0 Å². The molecule has 4 N–H and O–H groups in total. The molecule has 1 aliphatic rings. The van der Waals surface area contributed by atoms with Crippen LogP contribution in [0, 0.1) is 11.8 Å². The van der Waals surface area contributed by atoms with Crippen molar-refractivity contribution in [2.75, 3.05) is 18.8 Å². The molecule has 1 atom stereocenters. The summed E-state index contributed by atoms with van der Waals surface area (Å²) in [5.74, 6) is -0.163. The van der Waals surface area contributed by atoms with E-state index in [4.69, 9.17) is 5.73 Å². The summed E-state index contributed by atoms with van der Waals surface area (Å²) in [6.45, 7) is 4.95. The third kappa shape index (κ3) is 6.67. The first-order valence-electron chi connectivity index (χ1n) is 7.29. The highest BCUT2D eigenvalue weighted by molar-refractivity contribution is 7.90. The van der Waals surface area contributed by atoms with Gasteiger partial charge in [0.05, 0.1) is 0 Å². The predicted octanol–water partition coefficient (Wildman–Crippen LogP) is 0.196. The highest BCUT2D eigenvalue weighted by Crippen LogP contribution is 2.23. The number of carbonyl (C=O) groups is 1. The summed E-state index contributed by atoms with van der Waals surface area (Å²) in [6.07, 6.45) is 3.78. The lowest BCUT2D eigenvalue weighted by molar-refractivity contribution is -0.118. The molecule has 0 aromatic heterocycles. The molecule has 1 unspecified atom stereocenters. The number of rotatable bonds is 7. The molecule has 1 saturated carbocycles. The van der Waals surface area contributed by atoms with Crippen LogP contribution in [0.15, 0.2) is 0 Å². The van der Waals surface area contributed by atoms with Gasteiger partial charge in [-0.25, -0.2) is 13.1 Å². The van der Waals surface area contributed by atoms with E-state index in [0.717, 1.165) is 25.7 Å². The fourth-order valence-electron chi connectivity index (χ4n) is 2.27. The summed E-state index contributed by atoms with van der Waals surface area (Å²) in [7, 11) is -3.55. The van der Waals surface area contributed by atoms with Gasteiger partial charge in [0.15, 0.2) is 0 Å². The van der Waals surface area contributed by atoms with Crippen LogP contribution in [0.1, 0.15) is 39.5 Å². The Kier molecular flexibility index (Phi) is 6.91. The van der Waals surface area contributed by atoms with E-state index in [1.807, 2.05) is 6.92 Å².